The van der Waals surface area contributed by atoms with Crippen molar-refractivity contribution in [3.8, 4) is 0 Å². The second kappa shape index (κ2) is 3.71. The van der Waals surface area contributed by atoms with E-state index in [0.717, 1.165) is 6.42 Å². The Kier molecular flexibility index (Phi) is 2.98. The summed E-state index contributed by atoms with van der Waals surface area (Å²) >= 11 is 0. The smallest absolute Gasteiger partial charge is 0.314 e. The number of carboxylic acids is 1. The molecule has 0 bridgehead atoms. The lowest BCUT2D eigenvalue weighted by Crippen LogP contribution is -2.35. The lowest BCUT2D eigenvalue weighted by atomic mass is 9.69. The monoisotopic (exact) mass is 198 g/mol. The molecule has 1 aliphatic rings. The van der Waals surface area contributed by atoms with Crippen LogP contribution < -0.4 is 0 Å². The molecule has 0 heterocycles. The van der Waals surface area contributed by atoms with Crippen molar-refractivity contribution in [2.75, 3.05) is 0 Å². The average molecular weight is 198 g/mol. The average Bonchev–Trinajstić information content (AvgIpc) is 2.02. The van der Waals surface area contributed by atoms with Crippen LogP contribution in [0, 0.1) is 17.3 Å². The van der Waals surface area contributed by atoms with Crippen molar-refractivity contribution in [1.29, 1.82) is 0 Å². The van der Waals surface area contributed by atoms with Crippen molar-refractivity contribution in [3.63, 3.8) is 0 Å². The fraction of sp³-hybridized carbons (Fsp3) is 0.818. The van der Waals surface area contributed by atoms with Crippen molar-refractivity contribution in [2.45, 2.75) is 40.0 Å². The Balaban J connectivity index is 2.72. The molecule has 1 fully saturated rings. The van der Waals surface area contributed by atoms with Gasteiger partial charge in [0.2, 0.25) is 0 Å². The lowest BCUT2D eigenvalue weighted by molar-refractivity contribution is -0.149. The summed E-state index contributed by atoms with van der Waals surface area (Å²) in [6.07, 6.45) is 1.78. The van der Waals surface area contributed by atoms with E-state index < -0.39 is 11.9 Å². The molecular formula is C11H18O3. The maximum Gasteiger partial charge on any atom is 0.314 e. The van der Waals surface area contributed by atoms with Crippen LogP contribution >= 0.6 is 0 Å². The lowest BCUT2D eigenvalue weighted by Gasteiger charge is -2.35. The van der Waals surface area contributed by atoms with Crippen molar-refractivity contribution in [1.82, 2.24) is 0 Å². The number of Topliss-reactive ketones (excluding diaryl/α,β-unsaturated/α-hetero) is 1. The van der Waals surface area contributed by atoms with E-state index in [-0.39, 0.29) is 11.2 Å². The van der Waals surface area contributed by atoms with E-state index in [0.29, 0.717) is 18.8 Å². The maximum atomic E-state index is 11.3. The van der Waals surface area contributed by atoms with Gasteiger partial charge in [0.05, 0.1) is 0 Å². The quantitative estimate of drug-likeness (QED) is 0.656. The molecule has 2 unspecified atom stereocenters. The standard InChI is InChI=1S/C11H18O3/c1-11(2,3)7-4-5-9(12)8(6-7)10(13)14/h7-8H,4-6H2,1-3H3,(H,13,14). The Morgan fingerprint density at radius 2 is 2.00 bits per heavy atom. The van der Waals surface area contributed by atoms with Crippen LogP contribution in [0.25, 0.3) is 0 Å². The van der Waals surface area contributed by atoms with Gasteiger partial charge >= 0.3 is 5.97 Å². The third kappa shape index (κ3) is 2.34. The van der Waals surface area contributed by atoms with E-state index in [1.54, 1.807) is 0 Å². The summed E-state index contributed by atoms with van der Waals surface area (Å²) in [5, 5.41) is 8.87. The van der Waals surface area contributed by atoms with Crippen LogP contribution in [0.3, 0.4) is 0 Å². The summed E-state index contributed by atoms with van der Waals surface area (Å²) in [7, 11) is 0. The van der Waals surface area contributed by atoms with Gasteiger partial charge in [-0.1, -0.05) is 20.8 Å². The van der Waals surface area contributed by atoms with Crippen LogP contribution in [0.2, 0.25) is 0 Å². The zero-order valence-electron chi connectivity index (χ0n) is 9.04. The zero-order chi connectivity index (χ0) is 10.9. The largest absolute Gasteiger partial charge is 0.481 e. The molecule has 0 aromatic rings. The molecular weight excluding hydrogens is 180 g/mol. The van der Waals surface area contributed by atoms with Gasteiger partial charge in [0, 0.05) is 6.42 Å². The fourth-order valence-electron chi connectivity index (χ4n) is 2.05. The topological polar surface area (TPSA) is 54.4 Å². The van der Waals surface area contributed by atoms with Crippen molar-refractivity contribution in [3.05, 3.63) is 0 Å². The predicted molar refractivity (Wildman–Crippen MR) is 52.9 cm³/mol. The highest BCUT2D eigenvalue weighted by atomic mass is 16.4. The minimum atomic E-state index is -0.955. The second-order valence-corrected chi connectivity index (χ2v) is 5.19. The summed E-state index contributed by atoms with van der Waals surface area (Å²) in [6, 6.07) is 0. The molecule has 0 saturated heterocycles. The molecule has 2 atom stereocenters. The molecule has 0 aliphatic heterocycles. The Morgan fingerprint density at radius 3 is 2.43 bits per heavy atom. The number of carbonyl (C=O) groups excluding carboxylic acids is 1. The molecule has 1 N–H and O–H groups in total. The first-order valence-corrected chi connectivity index (χ1v) is 5.08. The maximum absolute atomic E-state index is 11.3. The highest BCUT2D eigenvalue weighted by Gasteiger charge is 2.38. The van der Waals surface area contributed by atoms with E-state index in [1.165, 1.54) is 0 Å². The van der Waals surface area contributed by atoms with Gasteiger partial charge in [0.15, 0.2) is 0 Å². The number of hydrogen-bond acceptors (Lipinski definition) is 2. The molecule has 0 radical (unpaired) electrons. The van der Waals surface area contributed by atoms with Crippen LogP contribution in [0.5, 0.6) is 0 Å². The van der Waals surface area contributed by atoms with E-state index in [9.17, 15) is 9.59 Å². The zero-order valence-corrected chi connectivity index (χ0v) is 9.04. The molecule has 0 amide bonds. The van der Waals surface area contributed by atoms with Gasteiger partial charge in [-0.2, -0.15) is 0 Å². The Morgan fingerprint density at radius 1 is 1.43 bits per heavy atom. The summed E-state index contributed by atoms with van der Waals surface area (Å²) < 4.78 is 0. The summed E-state index contributed by atoms with van der Waals surface area (Å²) in [5.74, 6) is -1.46. The molecule has 1 saturated carbocycles. The molecule has 3 nitrogen and oxygen atoms in total. The molecule has 80 valence electrons. The number of carbonyl (C=O) groups is 2. The van der Waals surface area contributed by atoms with Crippen LogP contribution in [-0.2, 0) is 9.59 Å². The van der Waals surface area contributed by atoms with Crippen LogP contribution in [-0.4, -0.2) is 16.9 Å². The van der Waals surface area contributed by atoms with Gasteiger partial charge < -0.3 is 5.11 Å². The minimum absolute atomic E-state index is 0.0991. The van der Waals surface area contributed by atoms with E-state index in [4.69, 9.17) is 5.11 Å². The molecule has 3 heteroatoms. The number of rotatable bonds is 1. The summed E-state index contributed by atoms with van der Waals surface area (Å²) in [4.78, 5) is 22.1. The van der Waals surface area contributed by atoms with Crippen molar-refractivity contribution < 1.29 is 14.7 Å². The second-order valence-electron chi connectivity index (χ2n) is 5.19. The van der Waals surface area contributed by atoms with Crippen molar-refractivity contribution >= 4 is 11.8 Å². The van der Waals surface area contributed by atoms with E-state index >= 15 is 0 Å². The molecule has 1 rings (SSSR count). The van der Waals surface area contributed by atoms with Gasteiger partial charge in [-0.25, -0.2) is 0 Å². The molecule has 0 spiro atoms. The number of ketones is 1. The number of hydrogen-bond donors (Lipinski definition) is 1. The molecule has 0 aromatic carbocycles. The third-order valence-electron chi connectivity index (χ3n) is 3.17. The molecule has 0 aromatic heterocycles. The van der Waals surface area contributed by atoms with E-state index in [2.05, 4.69) is 20.8 Å². The Hall–Kier alpha value is -0.860. The number of carboxylic acid groups (broad SMARTS) is 1. The van der Waals surface area contributed by atoms with Gasteiger partial charge in [-0.3, -0.25) is 9.59 Å². The normalized spacial score (nSPS) is 28.9. The predicted octanol–water partition coefficient (Wildman–Crippen LogP) is 2.10. The fourth-order valence-corrected chi connectivity index (χ4v) is 2.05. The molecule has 14 heavy (non-hydrogen) atoms. The highest BCUT2D eigenvalue weighted by molar-refractivity contribution is 5.98. The van der Waals surface area contributed by atoms with Crippen molar-refractivity contribution in [2.24, 2.45) is 17.3 Å². The first-order valence-electron chi connectivity index (χ1n) is 5.08. The SMILES string of the molecule is CC(C)(C)C1CCC(=O)C(C(=O)O)C1. The summed E-state index contributed by atoms with van der Waals surface area (Å²) in [5.41, 5.74) is 0.106. The van der Waals surface area contributed by atoms with Gasteiger partial charge in [0.25, 0.3) is 0 Å². The van der Waals surface area contributed by atoms with Crippen LogP contribution in [0.15, 0.2) is 0 Å². The highest BCUT2D eigenvalue weighted by Crippen LogP contribution is 2.38. The first kappa shape index (κ1) is 11.2. The van der Waals surface area contributed by atoms with E-state index in [1.807, 2.05) is 0 Å². The van der Waals surface area contributed by atoms with Crippen LogP contribution in [0.1, 0.15) is 40.0 Å². The third-order valence-corrected chi connectivity index (χ3v) is 3.17. The number of aliphatic carboxylic acids is 1. The van der Waals surface area contributed by atoms with Gasteiger partial charge in [0.1, 0.15) is 11.7 Å². The van der Waals surface area contributed by atoms with Gasteiger partial charge in [-0.15, -0.1) is 0 Å². The minimum Gasteiger partial charge on any atom is -0.481 e. The first-order chi connectivity index (χ1) is 6.32. The van der Waals surface area contributed by atoms with Crippen LogP contribution in [0.4, 0.5) is 0 Å². The molecule has 1 aliphatic carbocycles. The van der Waals surface area contributed by atoms with Gasteiger partial charge in [-0.05, 0) is 24.2 Å². The summed E-state index contributed by atoms with van der Waals surface area (Å²) in [6.45, 7) is 6.31. The Bertz CT molecular complexity index is 250. The Labute approximate surface area is 84.5 Å².